The number of imidazole rings is 1. The van der Waals surface area contributed by atoms with Gasteiger partial charge in [0.05, 0.1) is 6.33 Å². The maximum Gasteiger partial charge on any atom is 0.220 e. The molecule has 1 aromatic heterocycles. The number of hydrogen-bond acceptors (Lipinski definition) is 3. The molecule has 0 saturated carbocycles. The van der Waals surface area contributed by atoms with Crippen molar-refractivity contribution in [2.24, 2.45) is 5.92 Å². The van der Waals surface area contributed by atoms with Gasteiger partial charge in [0.1, 0.15) is 0 Å². The van der Waals surface area contributed by atoms with Crippen molar-refractivity contribution in [3.63, 3.8) is 0 Å². The number of carbonyl (C=O) groups is 1. The molecule has 1 unspecified atom stereocenters. The fraction of sp³-hybridized carbons (Fsp3) is 0.667. The fourth-order valence-corrected chi connectivity index (χ4v) is 2.05. The summed E-state index contributed by atoms with van der Waals surface area (Å²) in [5, 5.41) is 2.93. The molecule has 0 aliphatic carbocycles. The smallest absolute Gasteiger partial charge is 0.220 e. The van der Waals surface area contributed by atoms with Crippen LogP contribution < -0.4 is 5.32 Å². The van der Waals surface area contributed by atoms with Crippen molar-refractivity contribution in [2.75, 3.05) is 19.8 Å². The number of rotatable bonds is 5. The molecular weight excluding hydrogens is 218 g/mol. The first-order valence-electron chi connectivity index (χ1n) is 6.15. The minimum Gasteiger partial charge on any atom is -0.381 e. The number of hydrogen-bond donors (Lipinski definition) is 1. The van der Waals surface area contributed by atoms with Crippen LogP contribution >= 0.6 is 0 Å². The van der Waals surface area contributed by atoms with Crippen molar-refractivity contribution >= 4 is 5.91 Å². The molecule has 1 aromatic rings. The lowest BCUT2D eigenvalue weighted by Gasteiger charge is -2.21. The highest BCUT2D eigenvalue weighted by atomic mass is 16.5. The Morgan fingerprint density at radius 3 is 3.24 bits per heavy atom. The first-order valence-corrected chi connectivity index (χ1v) is 6.15. The van der Waals surface area contributed by atoms with E-state index in [2.05, 4.69) is 10.3 Å². The third-order valence-corrected chi connectivity index (χ3v) is 2.98. The SMILES string of the molecule is O=C(CC1CCCOC1)NCCn1ccnc1. The Labute approximate surface area is 101 Å². The molecule has 0 spiro atoms. The van der Waals surface area contributed by atoms with Crippen LogP contribution in [-0.4, -0.2) is 35.2 Å². The van der Waals surface area contributed by atoms with Crippen LogP contribution in [0.3, 0.4) is 0 Å². The first-order chi connectivity index (χ1) is 8.34. The zero-order valence-corrected chi connectivity index (χ0v) is 9.97. The Hall–Kier alpha value is -1.36. The van der Waals surface area contributed by atoms with Crippen molar-refractivity contribution in [2.45, 2.75) is 25.8 Å². The topological polar surface area (TPSA) is 56.1 Å². The largest absolute Gasteiger partial charge is 0.381 e. The number of carbonyl (C=O) groups excluding carboxylic acids is 1. The van der Waals surface area contributed by atoms with E-state index >= 15 is 0 Å². The second kappa shape index (κ2) is 6.39. The predicted molar refractivity (Wildman–Crippen MR) is 63.4 cm³/mol. The van der Waals surface area contributed by atoms with Crippen molar-refractivity contribution in [1.29, 1.82) is 0 Å². The summed E-state index contributed by atoms with van der Waals surface area (Å²) in [5.41, 5.74) is 0. The van der Waals surface area contributed by atoms with Crippen LogP contribution in [-0.2, 0) is 16.1 Å². The summed E-state index contributed by atoms with van der Waals surface area (Å²) in [4.78, 5) is 15.6. The quantitative estimate of drug-likeness (QED) is 0.824. The van der Waals surface area contributed by atoms with E-state index in [1.165, 1.54) is 0 Å². The van der Waals surface area contributed by atoms with E-state index in [-0.39, 0.29) is 5.91 Å². The molecule has 1 amide bonds. The molecule has 0 radical (unpaired) electrons. The lowest BCUT2D eigenvalue weighted by Crippen LogP contribution is -2.30. The number of nitrogens with one attached hydrogen (secondary N) is 1. The van der Waals surface area contributed by atoms with Crippen LogP contribution in [0.2, 0.25) is 0 Å². The van der Waals surface area contributed by atoms with Crippen LogP contribution in [0.1, 0.15) is 19.3 Å². The Bertz CT molecular complexity index is 332. The maximum atomic E-state index is 11.6. The number of nitrogens with zero attached hydrogens (tertiary/aromatic N) is 2. The first kappa shape index (κ1) is 12.1. The van der Waals surface area contributed by atoms with Gasteiger partial charge in [0, 0.05) is 45.1 Å². The summed E-state index contributed by atoms with van der Waals surface area (Å²) in [6.45, 7) is 3.00. The summed E-state index contributed by atoms with van der Waals surface area (Å²) in [6, 6.07) is 0. The second-order valence-corrected chi connectivity index (χ2v) is 4.44. The van der Waals surface area contributed by atoms with Gasteiger partial charge >= 0.3 is 0 Å². The van der Waals surface area contributed by atoms with Crippen LogP contribution in [0.15, 0.2) is 18.7 Å². The highest BCUT2D eigenvalue weighted by Gasteiger charge is 2.17. The summed E-state index contributed by atoms with van der Waals surface area (Å²) in [5.74, 6) is 0.526. The summed E-state index contributed by atoms with van der Waals surface area (Å²) < 4.78 is 7.30. The van der Waals surface area contributed by atoms with Gasteiger partial charge in [-0.1, -0.05) is 0 Å². The monoisotopic (exact) mass is 237 g/mol. The summed E-state index contributed by atoms with van der Waals surface area (Å²) >= 11 is 0. The molecule has 0 bridgehead atoms. The van der Waals surface area contributed by atoms with Crippen LogP contribution in [0.4, 0.5) is 0 Å². The van der Waals surface area contributed by atoms with E-state index in [1.54, 1.807) is 12.5 Å². The van der Waals surface area contributed by atoms with E-state index in [1.807, 2.05) is 10.8 Å². The van der Waals surface area contributed by atoms with Crippen molar-refractivity contribution in [1.82, 2.24) is 14.9 Å². The average Bonchev–Trinajstić information content (AvgIpc) is 2.83. The minimum atomic E-state index is 0.126. The van der Waals surface area contributed by atoms with Gasteiger partial charge < -0.3 is 14.6 Å². The maximum absolute atomic E-state index is 11.6. The Kier molecular flexibility index (Phi) is 4.55. The van der Waals surface area contributed by atoms with Crippen LogP contribution in [0.25, 0.3) is 0 Å². The van der Waals surface area contributed by atoms with Crippen LogP contribution in [0.5, 0.6) is 0 Å². The zero-order valence-electron chi connectivity index (χ0n) is 9.97. The highest BCUT2D eigenvalue weighted by molar-refractivity contribution is 5.76. The molecule has 5 heteroatoms. The molecule has 94 valence electrons. The third-order valence-electron chi connectivity index (χ3n) is 2.98. The van der Waals surface area contributed by atoms with E-state index < -0.39 is 0 Å². The molecule has 0 aromatic carbocycles. The third kappa shape index (κ3) is 4.19. The van der Waals surface area contributed by atoms with Crippen molar-refractivity contribution in [3.8, 4) is 0 Å². The molecule has 1 saturated heterocycles. The normalized spacial score (nSPS) is 20.1. The van der Waals surface area contributed by atoms with Gasteiger partial charge in [-0.2, -0.15) is 0 Å². The molecule has 1 fully saturated rings. The molecule has 1 atom stereocenters. The summed E-state index contributed by atoms with van der Waals surface area (Å²) in [7, 11) is 0. The van der Waals surface area contributed by atoms with Gasteiger partial charge in [-0.05, 0) is 18.8 Å². The van der Waals surface area contributed by atoms with E-state index in [0.29, 0.717) is 18.9 Å². The van der Waals surface area contributed by atoms with Gasteiger partial charge in [0.15, 0.2) is 0 Å². The lowest BCUT2D eigenvalue weighted by atomic mass is 9.98. The van der Waals surface area contributed by atoms with E-state index in [9.17, 15) is 4.79 Å². The fourth-order valence-electron chi connectivity index (χ4n) is 2.05. The zero-order chi connectivity index (χ0) is 11.9. The van der Waals surface area contributed by atoms with Gasteiger partial charge in [-0.25, -0.2) is 4.98 Å². The minimum absolute atomic E-state index is 0.126. The Morgan fingerprint density at radius 2 is 2.53 bits per heavy atom. The highest BCUT2D eigenvalue weighted by Crippen LogP contribution is 2.16. The van der Waals surface area contributed by atoms with Gasteiger partial charge in [0.25, 0.3) is 0 Å². The molecule has 5 nitrogen and oxygen atoms in total. The number of amides is 1. The van der Waals surface area contributed by atoms with Gasteiger partial charge in [-0.15, -0.1) is 0 Å². The van der Waals surface area contributed by atoms with Crippen molar-refractivity contribution < 1.29 is 9.53 Å². The predicted octanol–water partition coefficient (Wildman–Crippen LogP) is 0.816. The Balaban J connectivity index is 1.60. The number of ether oxygens (including phenoxy) is 1. The molecular formula is C12H19N3O2. The van der Waals surface area contributed by atoms with Crippen molar-refractivity contribution in [3.05, 3.63) is 18.7 Å². The van der Waals surface area contributed by atoms with Gasteiger partial charge in [-0.3, -0.25) is 4.79 Å². The van der Waals surface area contributed by atoms with Crippen LogP contribution in [0, 0.1) is 5.92 Å². The Morgan fingerprint density at radius 1 is 1.59 bits per heavy atom. The van der Waals surface area contributed by atoms with E-state index in [4.69, 9.17) is 4.74 Å². The molecule has 17 heavy (non-hydrogen) atoms. The van der Waals surface area contributed by atoms with Gasteiger partial charge in [0.2, 0.25) is 5.91 Å². The summed E-state index contributed by atoms with van der Waals surface area (Å²) in [6.07, 6.45) is 8.15. The standard InChI is InChI=1S/C12H19N3O2/c16-12(8-11-2-1-7-17-9-11)14-4-6-15-5-3-13-10-15/h3,5,10-11H,1-2,4,6-9H2,(H,14,16). The second-order valence-electron chi connectivity index (χ2n) is 4.44. The molecule has 1 aliphatic rings. The van der Waals surface area contributed by atoms with E-state index in [0.717, 1.165) is 32.6 Å². The molecule has 2 rings (SSSR count). The number of aromatic nitrogens is 2. The average molecular weight is 237 g/mol. The molecule has 1 aliphatic heterocycles. The lowest BCUT2D eigenvalue weighted by molar-refractivity contribution is -0.123. The molecule has 2 heterocycles. The molecule has 1 N–H and O–H groups in total.